The van der Waals surface area contributed by atoms with E-state index in [2.05, 4.69) is 11.0 Å². The lowest BCUT2D eigenvalue weighted by atomic mass is 9.91. The smallest absolute Gasteiger partial charge is 0.177 e. The quantitative estimate of drug-likeness (QED) is 0.759. The number of aryl methyl sites for hydroxylation is 1. The highest BCUT2D eigenvalue weighted by Crippen LogP contribution is 2.26. The van der Waals surface area contributed by atoms with Gasteiger partial charge in [-0.2, -0.15) is 0 Å². The van der Waals surface area contributed by atoms with Crippen LogP contribution in [0.5, 0.6) is 0 Å². The van der Waals surface area contributed by atoms with Crippen molar-refractivity contribution < 1.29 is 9.59 Å². The molecule has 0 N–H and O–H groups in total. The van der Waals surface area contributed by atoms with Gasteiger partial charge in [0.25, 0.3) is 0 Å². The molecule has 0 amide bonds. The molecule has 0 unspecified atom stereocenters. The van der Waals surface area contributed by atoms with E-state index in [4.69, 9.17) is 0 Å². The number of ketones is 2. The van der Waals surface area contributed by atoms with Gasteiger partial charge in [-0.25, -0.2) is 0 Å². The number of likely N-dealkylation sites (tertiary alicyclic amines) is 1. The fraction of sp³-hybridized carbons (Fsp3) is 0.400. The number of nitrogens with zero attached hydrogens (tertiary/aromatic N) is 1. The highest BCUT2D eigenvalue weighted by atomic mass is 32.1. The zero-order valence-corrected chi connectivity index (χ0v) is 15.1. The van der Waals surface area contributed by atoms with Crippen molar-refractivity contribution in [2.45, 2.75) is 33.2 Å². The van der Waals surface area contributed by atoms with E-state index in [1.807, 2.05) is 36.6 Å². The Morgan fingerprint density at radius 2 is 2.12 bits per heavy atom. The van der Waals surface area contributed by atoms with Gasteiger partial charge in [-0.05, 0) is 61.9 Å². The van der Waals surface area contributed by atoms with E-state index in [9.17, 15) is 9.59 Å². The Labute approximate surface area is 147 Å². The summed E-state index contributed by atoms with van der Waals surface area (Å²) in [5.74, 6) is 0.480. The summed E-state index contributed by atoms with van der Waals surface area (Å²) in [5.41, 5.74) is 2.99. The Morgan fingerprint density at radius 1 is 1.29 bits per heavy atom. The van der Waals surface area contributed by atoms with Crippen LogP contribution in [0.2, 0.25) is 0 Å². The van der Waals surface area contributed by atoms with Gasteiger partial charge in [-0.3, -0.25) is 14.5 Å². The standard InChI is InChI=1S/C20H23NO2S/c1-14-8-10-24-20(14)19(23)18-7-4-9-21(13-18)12-16-5-3-6-17(11-16)15(2)22/h3,5-6,8,10-11,18H,4,7,9,12-13H2,1-2H3/t18-/m1/s1. The Balaban J connectivity index is 1.68. The molecule has 1 aliphatic rings. The highest BCUT2D eigenvalue weighted by Gasteiger charge is 2.28. The Hall–Kier alpha value is -1.78. The molecule has 0 saturated carbocycles. The number of thiophene rings is 1. The molecule has 0 aliphatic carbocycles. The van der Waals surface area contributed by atoms with Gasteiger partial charge in [0, 0.05) is 24.6 Å². The number of rotatable bonds is 5. The molecule has 1 saturated heterocycles. The van der Waals surface area contributed by atoms with Gasteiger partial charge < -0.3 is 0 Å². The topological polar surface area (TPSA) is 37.4 Å². The zero-order chi connectivity index (χ0) is 17.1. The van der Waals surface area contributed by atoms with Crippen LogP contribution in [0.25, 0.3) is 0 Å². The Bertz CT molecular complexity index is 750. The third-order valence-corrected chi connectivity index (χ3v) is 5.73. The molecule has 1 aromatic heterocycles. The molecule has 1 atom stereocenters. The van der Waals surface area contributed by atoms with Crippen molar-refractivity contribution in [1.29, 1.82) is 0 Å². The molecule has 2 aromatic rings. The van der Waals surface area contributed by atoms with E-state index in [0.29, 0.717) is 5.78 Å². The van der Waals surface area contributed by atoms with Crippen LogP contribution in [0.15, 0.2) is 35.7 Å². The molecule has 1 fully saturated rings. The van der Waals surface area contributed by atoms with Gasteiger partial charge in [-0.15, -0.1) is 11.3 Å². The molecule has 126 valence electrons. The zero-order valence-electron chi connectivity index (χ0n) is 14.2. The van der Waals surface area contributed by atoms with Gasteiger partial charge >= 0.3 is 0 Å². The monoisotopic (exact) mass is 341 g/mol. The molecule has 3 rings (SSSR count). The number of Topliss-reactive ketones (excluding diaryl/α,β-unsaturated/α-hetero) is 2. The van der Waals surface area contributed by atoms with Crippen LogP contribution < -0.4 is 0 Å². The van der Waals surface area contributed by atoms with E-state index in [-0.39, 0.29) is 11.7 Å². The summed E-state index contributed by atoms with van der Waals surface area (Å²) >= 11 is 1.56. The molecular formula is C20H23NO2S. The Morgan fingerprint density at radius 3 is 2.83 bits per heavy atom. The van der Waals surface area contributed by atoms with Crippen LogP contribution in [-0.4, -0.2) is 29.6 Å². The second-order valence-corrected chi connectivity index (χ2v) is 7.54. The van der Waals surface area contributed by atoms with Gasteiger partial charge in [0.1, 0.15) is 0 Å². The van der Waals surface area contributed by atoms with Crippen molar-refractivity contribution in [2.75, 3.05) is 13.1 Å². The summed E-state index contributed by atoms with van der Waals surface area (Å²) in [6.45, 7) is 6.22. The van der Waals surface area contributed by atoms with E-state index >= 15 is 0 Å². The minimum atomic E-state index is 0.0899. The third kappa shape index (κ3) is 3.82. The van der Waals surface area contributed by atoms with Crippen molar-refractivity contribution in [3.63, 3.8) is 0 Å². The van der Waals surface area contributed by atoms with Gasteiger partial charge in [-0.1, -0.05) is 18.2 Å². The second-order valence-electron chi connectivity index (χ2n) is 6.63. The first-order chi connectivity index (χ1) is 11.5. The van der Waals surface area contributed by atoms with E-state index in [1.165, 1.54) is 0 Å². The third-order valence-electron chi connectivity index (χ3n) is 4.70. The van der Waals surface area contributed by atoms with Crippen molar-refractivity contribution >= 4 is 22.9 Å². The van der Waals surface area contributed by atoms with Crippen LogP contribution >= 0.6 is 11.3 Å². The first-order valence-corrected chi connectivity index (χ1v) is 9.33. The van der Waals surface area contributed by atoms with Crippen LogP contribution in [-0.2, 0) is 6.54 Å². The SMILES string of the molecule is CC(=O)c1cccc(CN2CCC[C@@H](C(=O)c3sccc3C)C2)c1. The summed E-state index contributed by atoms with van der Waals surface area (Å²) < 4.78 is 0. The average molecular weight is 341 g/mol. The van der Waals surface area contributed by atoms with Crippen molar-refractivity contribution in [2.24, 2.45) is 5.92 Å². The summed E-state index contributed by atoms with van der Waals surface area (Å²) in [5, 5.41) is 2.00. The average Bonchev–Trinajstić information content (AvgIpc) is 3.00. The van der Waals surface area contributed by atoms with E-state index < -0.39 is 0 Å². The molecule has 3 nitrogen and oxygen atoms in total. The van der Waals surface area contributed by atoms with Gasteiger partial charge in [0.15, 0.2) is 11.6 Å². The normalized spacial score (nSPS) is 18.5. The molecule has 4 heteroatoms. The maximum Gasteiger partial charge on any atom is 0.177 e. The lowest BCUT2D eigenvalue weighted by Crippen LogP contribution is -2.38. The summed E-state index contributed by atoms with van der Waals surface area (Å²) in [7, 11) is 0. The number of carbonyl (C=O) groups excluding carboxylic acids is 2. The van der Waals surface area contributed by atoms with Gasteiger partial charge in [0.2, 0.25) is 0 Å². The number of piperidine rings is 1. The summed E-state index contributed by atoms with van der Waals surface area (Å²) in [6.07, 6.45) is 2.02. The number of hydrogen-bond donors (Lipinski definition) is 0. The van der Waals surface area contributed by atoms with Gasteiger partial charge in [0.05, 0.1) is 4.88 Å². The van der Waals surface area contributed by atoms with Crippen molar-refractivity contribution in [3.8, 4) is 0 Å². The van der Waals surface area contributed by atoms with E-state index in [0.717, 1.165) is 54.0 Å². The molecule has 24 heavy (non-hydrogen) atoms. The predicted molar refractivity (Wildman–Crippen MR) is 97.8 cm³/mol. The molecule has 0 radical (unpaired) electrons. The number of hydrogen-bond acceptors (Lipinski definition) is 4. The van der Waals surface area contributed by atoms with Crippen LogP contribution in [0.1, 0.15) is 50.9 Å². The van der Waals surface area contributed by atoms with Crippen LogP contribution in [0, 0.1) is 12.8 Å². The minimum absolute atomic E-state index is 0.0899. The molecule has 0 spiro atoms. The first-order valence-electron chi connectivity index (χ1n) is 8.45. The van der Waals surface area contributed by atoms with Crippen molar-refractivity contribution in [1.82, 2.24) is 4.90 Å². The fourth-order valence-corrected chi connectivity index (χ4v) is 4.32. The minimum Gasteiger partial charge on any atom is -0.298 e. The lowest BCUT2D eigenvalue weighted by Gasteiger charge is -2.32. The number of carbonyl (C=O) groups is 2. The molecule has 1 aliphatic heterocycles. The summed E-state index contributed by atoms with van der Waals surface area (Å²) in [6, 6.07) is 9.84. The first kappa shape index (κ1) is 17.1. The van der Waals surface area contributed by atoms with E-state index in [1.54, 1.807) is 18.3 Å². The molecular weight excluding hydrogens is 318 g/mol. The largest absolute Gasteiger partial charge is 0.298 e. The second kappa shape index (κ2) is 7.41. The highest BCUT2D eigenvalue weighted by molar-refractivity contribution is 7.12. The predicted octanol–water partition coefficient (Wildman–Crippen LogP) is 4.35. The number of benzene rings is 1. The molecule has 2 heterocycles. The lowest BCUT2D eigenvalue weighted by molar-refractivity contribution is 0.0815. The maximum atomic E-state index is 12.8. The van der Waals surface area contributed by atoms with Crippen LogP contribution in [0.4, 0.5) is 0 Å². The van der Waals surface area contributed by atoms with Crippen LogP contribution in [0.3, 0.4) is 0 Å². The fourth-order valence-electron chi connectivity index (χ4n) is 3.37. The summed E-state index contributed by atoms with van der Waals surface area (Å²) in [4.78, 5) is 27.6. The maximum absolute atomic E-state index is 12.8. The molecule has 1 aromatic carbocycles. The Kier molecular flexibility index (Phi) is 5.27. The van der Waals surface area contributed by atoms with Crippen molar-refractivity contribution in [3.05, 3.63) is 57.3 Å². The molecule has 0 bridgehead atoms.